The van der Waals surface area contributed by atoms with Gasteiger partial charge in [0.2, 0.25) is 0 Å². The summed E-state index contributed by atoms with van der Waals surface area (Å²) >= 11 is 0. The molecule has 94 valence electrons. The van der Waals surface area contributed by atoms with Crippen molar-refractivity contribution >= 4 is 0 Å². The molecule has 0 bridgehead atoms. The van der Waals surface area contributed by atoms with E-state index in [2.05, 4.69) is 11.0 Å². The van der Waals surface area contributed by atoms with E-state index in [1.807, 2.05) is 19.2 Å². The third-order valence-corrected chi connectivity index (χ3v) is 3.50. The molecule has 4 nitrogen and oxygen atoms in total. The highest BCUT2D eigenvalue weighted by molar-refractivity contribution is 5.40. The number of hydrogen-bond acceptors (Lipinski definition) is 4. The number of methoxy groups -OCH3 is 1. The molecule has 0 fully saturated rings. The molecule has 2 rings (SSSR count). The first kappa shape index (κ1) is 12.4. The Bertz CT molecular complexity index is 395. The van der Waals surface area contributed by atoms with Crippen molar-refractivity contribution in [1.29, 1.82) is 0 Å². The average molecular weight is 236 g/mol. The molecule has 0 amide bonds. The standard InChI is InChI=1S/C13H20N2O2/c1-15-6-5-9-3-4-10(17-2)7-11(9)13(15)12(14)8-16/h3-4,7,12-13,16H,5-6,8,14H2,1-2H3. The van der Waals surface area contributed by atoms with Crippen LogP contribution in [0.2, 0.25) is 0 Å². The van der Waals surface area contributed by atoms with Crippen LogP contribution >= 0.6 is 0 Å². The summed E-state index contributed by atoms with van der Waals surface area (Å²) in [6, 6.07) is 5.92. The summed E-state index contributed by atoms with van der Waals surface area (Å²) in [5.41, 5.74) is 8.50. The van der Waals surface area contributed by atoms with Crippen LogP contribution < -0.4 is 10.5 Å². The van der Waals surface area contributed by atoms with E-state index in [4.69, 9.17) is 10.5 Å². The summed E-state index contributed by atoms with van der Waals surface area (Å²) in [6.07, 6.45) is 1.02. The van der Waals surface area contributed by atoms with E-state index in [1.165, 1.54) is 11.1 Å². The minimum Gasteiger partial charge on any atom is -0.497 e. The van der Waals surface area contributed by atoms with Crippen molar-refractivity contribution in [2.45, 2.75) is 18.5 Å². The van der Waals surface area contributed by atoms with Crippen molar-refractivity contribution in [2.24, 2.45) is 5.73 Å². The smallest absolute Gasteiger partial charge is 0.119 e. The largest absolute Gasteiger partial charge is 0.497 e. The van der Waals surface area contributed by atoms with Crippen LogP contribution in [0.15, 0.2) is 18.2 Å². The third kappa shape index (κ3) is 2.29. The second kappa shape index (κ2) is 5.04. The minimum absolute atomic E-state index is 0.00828. The highest BCUT2D eigenvalue weighted by atomic mass is 16.5. The minimum atomic E-state index is -0.258. The number of nitrogens with zero attached hydrogens (tertiary/aromatic N) is 1. The molecule has 2 atom stereocenters. The van der Waals surface area contributed by atoms with Crippen molar-refractivity contribution in [2.75, 3.05) is 27.3 Å². The molecule has 3 N–H and O–H groups in total. The van der Waals surface area contributed by atoms with Crippen LogP contribution in [0.25, 0.3) is 0 Å². The zero-order valence-electron chi connectivity index (χ0n) is 10.4. The molecule has 0 spiro atoms. The molecule has 0 aliphatic carbocycles. The lowest BCUT2D eigenvalue weighted by molar-refractivity contribution is 0.151. The molecule has 0 aromatic heterocycles. The molecule has 17 heavy (non-hydrogen) atoms. The summed E-state index contributed by atoms with van der Waals surface area (Å²) in [7, 11) is 3.71. The van der Waals surface area contributed by atoms with Crippen molar-refractivity contribution < 1.29 is 9.84 Å². The van der Waals surface area contributed by atoms with Gasteiger partial charge in [-0.05, 0) is 36.7 Å². The van der Waals surface area contributed by atoms with E-state index in [1.54, 1.807) is 7.11 Å². The van der Waals surface area contributed by atoms with Gasteiger partial charge in [0.05, 0.1) is 19.8 Å². The predicted octanol–water partition coefficient (Wildman–Crippen LogP) is 0.544. The summed E-state index contributed by atoms with van der Waals surface area (Å²) in [5, 5.41) is 9.27. The van der Waals surface area contributed by atoms with E-state index in [-0.39, 0.29) is 18.7 Å². The lowest BCUT2D eigenvalue weighted by atomic mass is 9.89. The fourth-order valence-corrected chi connectivity index (χ4v) is 2.53. The highest BCUT2D eigenvalue weighted by Gasteiger charge is 2.29. The number of aliphatic hydroxyl groups is 1. The van der Waals surface area contributed by atoms with Gasteiger partial charge in [-0.25, -0.2) is 0 Å². The number of rotatable bonds is 3. The molecular formula is C13H20N2O2. The van der Waals surface area contributed by atoms with Gasteiger partial charge in [-0.1, -0.05) is 6.07 Å². The number of ether oxygens (including phenoxy) is 1. The first-order valence-corrected chi connectivity index (χ1v) is 5.91. The van der Waals surface area contributed by atoms with Gasteiger partial charge < -0.3 is 15.6 Å². The Morgan fingerprint density at radius 1 is 1.59 bits per heavy atom. The zero-order chi connectivity index (χ0) is 12.4. The molecule has 1 heterocycles. The van der Waals surface area contributed by atoms with Crippen LogP contribution in [-0.4, -0.2) is 43.4 Å². The van der Waals surface area contributed by atoms with Gasteiger partial charge in [-0.15, -0.1) is 0 Å². The molecule has 1 aromatic carbocycles. The van der Waals surface area contributed by atoms with Crippen LogP contribution in [0.3, 0.4) is 0 Å². The Hall–Kier alpha value is -1.10. The van der Waals surface area contributed by atoms with E-state index in [0.717, 1.165) is 18.7 Å². The van der Waals surface area contributed by atoms with Gasteiger partial charge in [-0.3, -0.25) is 4.90 Å². The second-order valence-electron chi connectivity index (χ2n) is 4.59. The van der Waals surface area contributed by atoms with Crippen molar-refractivity contribution in [1.82, 2.24) is 4.90 Å². The van der Waals surface area contributed by atoms with Gasteiger partial charge >= 0.3 is 0 Å². The topological polar surface area (TPSA) is 58.7 Å². The average Bonchev–Trinajstić information content (AvgIpc) is 2.37. The Balaban J connectivity index is 2.41. The van der Waals surface area contributed by atoms with E-state index in [0.29, 0.717) is 0 Å². The van der Waals surface area contributed by atoms with Gasteiger partial charge in [0.15, 0.2) is 0 Å². The number of hydrogen-bond donors (Lipinski definition) is 2. The van der Waals surface area contributed by atoms with E-state index in [9.17, 15) is 5.11 Å². The van der Waals surface area contributed by atoms with Crippen molar-refractivity contribution in [3.8, 4) is 5.75 Å². The van der Waals surface area contributed by atoms with Crippen molar-refractivity contribution in [3.05, 3.63) is 29.3 Å². The second-order valence-corrected chi connectivity index (χ2v) is 4.59. The normalized spacial score (nSPS) is 22.0. The number of aliphatic hydroxyl groups excluding tert-OH is 1. The molecule has 0 radical (unpaired) electrons. The molecule has 4 heteroatoms. The summed E-state index contributed by atoms with van der Waals surface area (Å²) < 4.78 is 5.26. The van der Waals surface area contributed by atoms with Crippen molar-refractivity contribution in [3.63, 3.8) is 0 Å². The number of nitrogens with two attached hydrogens (primary N) is 1. The quantitative estimate of drug-likeness (QED) is 0.804. The maximum atomic E-state index is 9.27. The number of fused-ring (bicyclic) bond motifs is 1. The monoisotopic (exact) mass is 236 g/mol. The Morgan fingerprint density at radius 3 is 3.00 bits per heavy atom. The maximum Gasteiger partial charge on any atom is 0.119 e. The summed E-state index contributed by atoms with van der Waals surface area (Å²) in [5.74, 6) is 0.842. The highest BCUT2D eigenvalue weighted by Crippen LogP contribution is 2.32. The summed E-state index contributed by atoms with van der Waals surface area (Å²) in [6.45, 7) is 0.962. The first-order chi connectivity index (χ1) is 8.17. The lowest BCUT2D eigenvalue weighted by Crippen LogP contribution is -2.44. The zero-order valence-corrected chi connectivity index (χ0v) is 10.4. The molecule has 2 unspecified atom stereocenters. The van der Waals surface area contributed by atoms with Gasteiger partial charge in [-0.2, -0.15) is 0 Å². The van der Waals surface area contributed by atoms with Crippen LogP contribution in [-0.2, 0) is 6.42 Å². The molecule has 1 aliphatic rings. The SMILES string of the molecule is COc1ccc2c(c1)C(C(N)CO)N(C)CC2. The van der Waals surface area contributed by atoms with Gasteiger partial charge in [0.1, 0.15) is 5.75 Å². The molecule has 0 saturated carbocycles. The van der Waals surface area contributed by atoms with E-state index >= 15 is 0 Å². The van der Waals surface area contributed by atoms with Crippen LogP contribution in [0.5, 0.6) is 5.75 Å². The lowest BCUT2D eigenvalue weighted by Gasteiger charge is -2.37. The molecule has 1 aliphatic heterocycles. The van der Waals surface area contributed by atoms with Crippen LogP contribution in [0, 0.1) is 0 Å². The van der Waals surface area contributed by atoms with Gasteiger partial charge in [0.25, 0.3) is 0 Å². The Labute approximate surface area is 102 Å². The fraction of sp³-hybridized carbons (Fsp3) is 0.538. The molecule has 1 aromatic rings. The first-order valence-electron chi connectivity index (χ1n) is 5.91. The van der Waals surface area contributed by atoms with Gasteiger partial charge in [0, 0.05) is 12.6 Å². The van der Waals surface area contributed by atoms with Crippen LogP contribution in [0.4, 0.5) is 0 Å². The number of benzene rings is 1. The summed E-state index contributed by atoms with van der Waals surface area (Å²) in [4.78, 5) is 2.20. The maximum absolute atomic E-state index is 9.27. The molecular weight excluding hydrogens is 216 g/mol. The number of likely N-dealkylation sites (N-methyl/N-ethyl adjacent to an activating group) is 1. The Kier molecular flexibility index (Phi) is 3.66. The van der Waals surface area contributed by atoms with Crippen LogP contribution in [0.1, 0.15) is 17.2 Å². The Morgan fingerprint density at radius 2 is 2.35 bits per heavy atom. The third-order valence-electron chi connectivity index (χ3n) is 3.50. The predicted molar refractivity (Wildman–Crippen MR) is 67.1 cm³/mol. The molecule has 0 saturated heterocycles. The van der Waals surface area contributed by atoms with E-state index < -0.39 is 0 Å². The fourth-order valence-electron chi connectivity index (χ4n) is 2.53.